The number of anilines is 1. The van der Waals surface area contributed by atoms with Gasteiger partial charge in [0.15, 0.2) is 11.5 Å². The second kappa shape index (κ2) is 11.1. The van der Waals surface area contributed by atoms with Crippen LogP contribution in [0.2, 0.25) is 0 Å². The molecule has 0 aliphatic carbocycles. The van der Waals surface area contributed by atoms with Crippen LogP contribution >= 0.6 is 0 Å². The third-order valence-corrected chi connectivity index (χ3v) is 5.22. The first kappa shape index (κ1) is 18.0. The highest BCUT2D eigenvalue weighted by Crippen LogP contribution is 2.25. The van der Waals surface area contributed by atoms with E-state index in [1.165, 1.54) is 7.11 Å². The first-order valence-electron chi connectivity index (χ1n) is 12.3. The van der Waals surface area contributed by atoms with Crippen molar-refractivity contribution in [3.05, 3.63) is 53.5 Å². The number of carbonyl (C=O) groups excluding carboxylic acids is 1. The van der Waals surface area contributed by atoms with Crippen LogP contribution < -0.4 is 14.8 Å². The molecule has 1 unspecified atom stereocenters. The third kappa shape index (κ3) is 6.69. The minimum atomic E-state index is -1.80. The number of carbonyl (C=O) groups is 1. The standard InChI is InChI=1S/C24H33N3O4/c1-18-7-6-8-19(2)24(18)25-23(29)16-27-13-11-26(12-14-27)15-20(28)17-31-22-10-5-4-9-21(22)30-3/h4-10,20,28H,11-17H2,1-3H3,(H,25,29)/i6D,7D,8D,20D. The van der Waals surface area contributed by atoms with Gasteiger partial charge in [0.25, 0.3) is 0 Å². The SMILES string of the molecule is [2H]c1c([2H])c(C)c(NC(=O)CN2CCN(CC([2H])(O)COc3ccccc3OC)CC2)c(C)c1[2H]. The number of nitrogens with zero attached hydrogens (tertiary/aromatic N) is 2. The molecule has 1 saturated heterocycles. The molecule has 1 aliphatic heterocycles. The molecule has 168 valence electrons. The summed E-state index contributed by atoms with van der Waals surface area (Å²) in [7, 11) is 1.53. The molecule has 0 bridgehead atoms. The molecule has 3 rings (SSSR count). The summed E-state index contributed by atoms with van der Waals surface area (Å²) in [5, 5.41) is 13.3. The molecule has 1 fully saturated rings. The van der Waals surface area contributed by atoms with Gasteiger partial charge in [-0.1, -0.05) is 30.3 Å². The van der Waals surface area contributed by atoms with E-state index in [2.05, 4.69) is 5.32 Å². The molecule has 0 radical (unpaired) electrons. The van der Waals surface area contributed by atoms with Crippen molar-refractivity contribution in [1.82, 2.24) is 9.80 Å². The van der Waals surface area contributed by atoms with Crippen molar-refractivity contribution in [3.63, 3.8) is 0 Å². The first-order valence-corrected chi connectivity index (χ1v) is 10.3. The minimum absolute atomic E-state index is 0.0536. The number of benzene rings is 2. The fourth-order valence-electron chi connectivity index (χ4n) is 3.50. The number of methoxy groups -OCH3 is 1. The van der Waals surface area contributed by atoms with Crippen molar-refractivity contribution in [2.45, 2.75) is 19.9 Å². The third-order valence-electron chi connectivity index (χ3n) is 5.22. The average Bonchev–Trinajstić information content (AvgIpc) is 2.84. The predicted octanol–water partition coefficient (Wildman–Crippen LogP) is 2.31. The van der Waals surface area contributed by atoms with Gasteiger partial charge in [0, 0.05) is 38.4 Å². The van der Waals surface area contributed by atoms with Crippen LogP contribution in [0.15, 0.2) is 42.4 Å². The van der Waals surface area contributed by atoms with Crippen molar-refractivity contribution in [2.24, 2.45) is 0 Å². The summed E-state index contributed by atoms with van der Waals surface area (Å²) < 4.78 is 42.9. The highest BCUT2D eigenvalue weighted by atomic mass is 16.5. The molecule has 2 aromatic rings. The average molecular weight is 432 g/mol. The largest absolute Gasteiger partial charge is 0.493 e. The molecule has 1 aliphatic rings. The summed E-state index contributed by atoms with van der Waals surface area (Å²) in [6, 6.07) is 6.83. The summed E-state index contributed by atoms with van der Waals surface area (Å²) >= 11 is 0. The normalized spacial score (nSPS) is 18.8. The van der Waals surface area contributed by atoms with Crippen molar-refractivity contribution < 1.29 is 24.9 Å². The van der Waals surface area contributed by atoms with E-state index in [-0.39, 0.29) is 43.7 Å². The zero-order valence-corrected chi connectivity index (χ0v) is 18.3. The van der Waals surface area contributed by atoms with E-state index >= 15 is 0 Å². The van der Waals surface area contributed by atoms with Crippen LogP contribution in [-0.4, -0.2) is 79.9 Å². The molecule has 1 amide bonds. The van der Waals surface area contributed by atoms with Gasteiger partial charge in [-0.15, -0.1) is 0 Å². The quantitative estimate of drug-likeness (QED) is 0.635. The van der Waals surface area contributed by atoms with Crippen LogP contribution in [0.3, 0.4) is 0 Å². The lowest BCUT2D eigenvalue weighted by molar-refractivity contribution is -0.117. The maximum absolute atomic E-state index is 12.6. The number of ether oxygens (including phenoxy) is 2. The monoisotopic (exact) mass is 431 g/mol. The lowest BCUT2D eigenvalue weighted by Gasteiger charge is -2.35. The summed E-state index contributed by atoms with van der Waals surface area (Å²) in [5.41, 5.74) is 1.38. The Balaban J connectivity index is 1.48. The van der Waals surface area contributed by atoms with Crippen LogP contribution in [0.1, 0.15) is 16.6 Å². The van der Waals surface area contributed by atoms with Crippen molar-refractivity contribution in [2.75, 3.05) is 58.3 Å². The van der Waals surface area contributed by atoms with Crippen LogP contribution in [-0.2, 0) is 4.79 Å². The number of aliphatic hydroxyl groups is 1. The maximum atomic E-state index is 12.6. The minimum Gasteiger partial charge on any atom is -0.493 e. The van der Waals surface area contributed by atoms with E-state index in [9.17, 15) is 9.90 Å². The number of hydrogen-bond acceptors (Lipinski definition) is 6. The Hall–Kier alpha value is -2.61. The smallest absolute Gasteiger partial charge is 0.238 e. The summed E-state index contributed by atoms with van der Waals surface area (Å²) in [5.74, 6) is 0.756. The number of amides is 1. The number of β-amino-alcohol motifs (C(OH)–C–C–N with tert-alkyl or cyclic N) is 1. The Morgan fingerprint density at radius 1 is 1.16 bits per heavy atom. The highest BCUT2D eigenvalue weighted by molar-refractivity contribution is 5.93. The van der Waals surface area contributed by atoms with Crippen LogP contribution in [0.4, 0.5) is 5.69 Å². The van der Waals surface area contributed by atoms with Gasteiger partial charge in [-0.2, -0.15) is 0 Å². The van der Waals surface area contributed by atoms with Crippen LogP contribution in [0.5, 0.6) is 11.5 Å². The maximum Gasteiger partial charge on any atom is 0.238 e. The molecule has 1 atom stereocenters. The summed E-state index contributed by atoms with van der Waals surface area (Å²) in [6.45, 7) is 5.74. The molecule has 2 N–H and O–H groups in total. The molecule has 0 spiro atoms. The molecule has 7 nitrogen and oxygen atoms in total. The predicted molar refractivity (Wildman–Crippen MR) is 122 cm³/mol. The Morgan fingerprint density at radius 3 is 2.42 bits per heavy atom. The zero-order chi connectivity index (χ0) is 25.8. The van der Waals surface area contributed by atoms with Gasteiger partial charge in [-0.3, -0.25) is 14.6 Å². The van der Waals surface area contributed by atoms with E-state index in [1.54, 1.807) is 32.0 Å². The van der Waals surface area contributed by atoms with E-state index < -0.39 is 6.08 Å². The summed E-state index contributed by atoms with van der Waals surface area (Å²) in [6.07, 6.45) is -1.80. The van der Waals surface area contributed by atoms with E-state index in [0.717, 1.165) is 0 Å². The Morgan fingerprint density at radius 2 is 1.77 bits per heavy atom. The van der Waals surface area contributed by atoms with Gasteiger partial charge in [0.2, 0.25) is 5.91 Å². The van der Waals surface area contributed by atoms with Crippen molar-refractivity contribution in [3.8, 4) is 11.5 Å². The topological polar surface area (TPSA) is 74.3 Å². The zero-order valence-electron chi connectivity index (χ0n) is 22.3. The van der Waals surface area contributed by atoms with Gasteiger partial charge in [-0.25, -0.2) is 0 Å². The molecular weight excluding hydrogens is 394 g/mol. The molecule has 7 heteroatoms. The lowest BCUT2D eigenvalue weighted by atomic mass is 10.1. The van der Waals surface area contributed by atoms with E-state index in [1.807, 2.05) is 15.9 Å². The number of piperazine rings is 1. The van der Waals surface area contributed by atoms with E-state index in [0.29, 0.717) is 54.5 Å². The molecule has 0 aromatic heterocycles. The van der Waals surface area contributed by atoms with Gasteiger partial charge < -0.3 is 19.9 Å². The Kier molecular flexibility index (Phi) is 6.47. The fourth-order valence-corrected chi connectivity index (χ4v) is 3.50. The first-order chi connectivity index (χ1) is 16.5. The van der Waals surface area contributed by atoms with Crippen LogP contribution in [0.25, 0.3) is 0 Å². The van der Waals surface area contributed by atoms with E-state index in [4.69, 9.17) is 15.0 Å². The van der Waals surface area contributed by atoms with Gasteiger partial charge in [-0.05, 0) is 37.1 Å². The van der Waals surface area contributed by atoms with Gasteiger partial charge >= 0.3 is 0 Å². The van der Waals surface area contributed by atoms with Crippen molar-refractivity contribution >= 4 is 11.6 Å². The molecule has 31 heavy (non-hydrogen) atoms. The van der Waals surface area contributed by atoms with Crippen LogP contribution in [0, 0.1) is 13.8 Å². The molecule has 1 heterocycles. The van der Waals surface area contributed by atoms with Gasteiger partial charge in [0.05, 0.1) is 19.1 Å². The molecule has 0 saturated carbocycles. The lowest BCUT2D eigenvalue weighted by Crippen LogP contribution is -2.50. The number of nitrogens with one attached hydrogen (secondary N) is 1. The molecule has 2 aromatic carbocycles. The fraction of sp³-hybridized carbons (Fsp3) is 0.458. The number of para-hydroxylation sites is 3. The summed E-state index contributed by atoms with van der Waals surface area (Å²) in [4.78, 5) is 16.6. The Bertz CT molecular complexity index is 1030. The Labute approximate surface area is 190 Å². The van der Waals surface area contributed by atoms with Crippen molar-refractivity contribution in [1.29, 1.82) is 0 Å². The second-order valence-electron chi connectivity index (χ2n) is 7.61. The number of rotatable bonds is 9. The highest BCUT2D eigenvalue weighted by Gasteiger charge is 2.21. The molecular formula is C24H33N3O4. The number of hydrogen-bond donors (Lipinski definition) is 2. The van der Waals surface area contributed by atoms with Gasteiger partial charge in [0.1, 0.15) is 12.7 Å². The second-order valence-corrected chi connectivity index (χ2v) is 7.61.